The number of hydrogen-bond donors (Lipinski definition) is 3. The van der Waals surface area contributed by atoms with Gasteiger partial charge in [0, 0.05) is 23.0 Å². The minimum absolute atomic E-state index is 0.103. The van der Waals surface area contributed by atoms with E-state index in [2.05, 4.69) is 10.3 Å². The number of aliphatic hydroxyl groups excluding tert-OH is 1. The number of methoxy groups -OCH3 is 1. The minimum Gasteiger partial charge on any atom is -0.495 e. The van der Waals surface area contributed by atoms with Crippen LogP contribution in [0.2, 0.25) is 0 Å². The molecule has 0 aliphatic heterocycles. The van der Waals surface area contributed by atoms with Gasteiger partial charge in [0.15, 0.2) is 5.11 Å². The van der Waals surface area contributed by atoms with Crippen molar-refractivity contribution in [2.45, 2.75) is 13.5 Å². The first kappa shape index (κ1) is 21.6. The molecule has 0 radical (unpaired) electrons. The molecule has 0 spiro atoms. The summed E-state index contributed by atoms with van der Waals surface area (Å²) in [5.74, 6) is 1.39. The molecule has 0 saturated heterocycles. The Balaban J connectivity index is 1.86. The van der Waals surface area contributed by atoms with Crippen molar-refractivity contribution >= 4 is 33.9 Å². The number of fused-ring (bicyclic) bond motifs is 1. The van der Waals surface area contributed by atoms with E-state index in [-0.39, 0.29) is 25.3 Å². The lowest BCUT2D eigenvalue weighted by Gasteiger charge is -2.25. The topological polar surface area (TPSA) is 86.8 Å². The number of aromatic amines is 1. The number of nitrogens with zero attached hydrogens (tertiary/aromatic N) is 1. The van der Waals surface area contributed by atoms with Gasteiger partial charge in [0.1, 0.15) is 11.5 Å². The van der Waals surface area contributed by atoms with Crippen molar-refractivity contribution in [1.29, 1.82) is 0 Å². The number of hydrogen-bond acceptors (Lipinski definition) is 5. The molecule has 30 heavy (non-hydrogen) atoms. The Morgan fingerprint density at radius 3 is 2.77 bits per heavy atom. The van der Waals surface area contributed by atoms with E-state index in [1.807, 2.05) is 55.5 Å². The van der Waals surface area contributed by atoms with Gasteiger partial charge in [0.25, 0.3) is 5.56 Å². The van der Waals surface area contributed by atoms with Crippen LogP contribution in [-0.4, -0.2) is 47.0 Å². The third-order valence-corrected chi connectivity index (χ3v) is 4.93. The zero-order chi connectivity index (χ0) is 21.5. The highest BCUT2D eigenvalue weighted by Crippen LogP contribution is 2.24. The molecule has 3 N–H and O–H groups in total. The smallest absolute Gasteiger partial charge is 0.253 e. The maximum absolute atomic E-state index is 12.6. The quantitative estimate of drug-likeness (QED) is 0.476. The summed E-state index contributed by atoms with van der Waals surface area (Å²) in [5.41, 5.74) is 1.78. The maximum Gasteiger partial charge on any atom is 0.253 e. The van der Waals surface area contributed by atoms with E-state index < -0.39 is 0 Å². The Morgan fingerprint density at radius 2 is 2.03 bits per heavy atom. The Bertz CT molecular complexity index is 1080. The number of ether oxygens (including phenoxy) is 2. The molecule has 0 unspecified atom stereocenters. The molecular formula is C22H25N3O4S. The molecule has 0 aliphatic rings. The molecule has 3 aromatic rings. The summed E-state index contributed by atoms with van der Waals surface area (Å²) in [5, 5.41) is 13.9. The van der Waals surface area contributed by atoms with Crippen molar-refractivity contribution in [3.63, 3.8) is 0 Å². The third kappa shape index (κ3) is 5.08. The van der Waals surface area contributed by atoms with Crippen LogP contribution in [-0.2, 0) is 6.54 Å². The molecule has 1 heterocycles. The van der Waals surface area contributed by atoms with Crippen LogP contribution < -0.4 is 20.3 Å². The molecule has 0 atom stereocenters. The third-order valence-electron chi connectivity index (χ3n) is 4.57. The molecule has 158 valence electrons. The van der Waals surface area contributed by atoms with E-state index in [4.69, 9.17) is 21.7 Å². The van der Waals surface area contributed by atoms with Crippen molar-refractivity contribution in [2.75, 3.05) is 32.2 Å². The zero-order valence-corrected chi connectivity index (χ0v) is 17.8. The first-order chi connectivity index (χ1) is 14.5. The molecule has 0 fully saturated rings. The number of aromatic nitrogens is 1. The van der Waals surface area contributed by atoms with Gasteiger partial charge < -0.3 is 29.8 Å². The van der Waals surface area contributed by atoms with Crippen LogP contribution >= 0.6 is 12.2 Å². The van der Waals surface area contributed by atoms with Gasteiger partial charge in [-0.3, -0.25) is 4.79 Å². The number of rotatable bonds is 8. The molecule has 0 amide bonds. The van der Waals surface area contributed by atoms with Crippen molar-refractivity contribution in [3.8, 4) is 11.5 Å². The molecule has 1 aromatic heterocycles. The highest BCUT2D eigenvalue weighted by molar-refractivity contribution is 7.80. The minimum atomic E-state index is -0.199. The van der Waals surface area contributed by atoms with Gasteiger partial charge in [0.05, 0.1) is 32.6 Å². The van der Waals surface area contributed by atoms with E-state index in [0.717, 1.165) is 16.7 Å². The lowest BCUT2D eigenvalue weighted by Crippen LogP contribution is -2.37. The summed E-state index contributed by atoms with van der Waals surface area (Å²) in [4.78, 5) is 17.2. The first-order valence-corrected chi connectivity index (χ1v) is 10.0. The fourth-order valence-corrected chi connectivity index (χ4v) is 3.39. The van der Waals surface area contributed by atoms with Gasteiger partial charge in [-0.2, -0.15) is 0 Å². The number of H-pyrrole nitrogens is 1. The lowest BCUT2D eigenvalue weighted by atomic mass is 10.1. The van der Waals surface area contributed by atoms with Crippen molar-refractivity contribution < 1.29 is 14.6 Å². The largest absolute Gasteiger partial charge is 0.495 e. The number of pyridine rings is 1. The summed E-state index contributed by atoms with van der Waals surface area (Å²) < 4.78 is 10.9. The molecule has 7 nitrogen and oxygen atoms in total. The highest BCUT2D eigenvalue weighted by atomic mass is 32.1. The summed E-state index contributed by atoms with van der Waals surface area (Å²) in [6, 6.07) is 14.8. The molecule has 0 aliphatic carbocycles. The second kappa shape index (κ2) is 10.1. The van der Waals surface area contributed by atoms with Gasteiger partial charge in [-0.25, -0.2) is 0 Å². The van der Waals surface area contributed by atoms with E-state index in [1.165, 1.54) is 0 Å². The Hall–Kier alpha value is -3.10. The molecule has 3 rings (SSSR count). The molecule has 0 saturated carbocycles. The van der Waals surface area contributed by atoms with Gasteiger partial charge in [-0.1, -0.05) is 12.1 Å². The van der Waals surface area contributed by atoms with E-state index in [1.54, 1.807) is 12.0 Å². The predicted molar refractivity (Wildman–Crippen MR) is 122 cm³/mol. The molecular weight excluding hydrogens is 402 g/mol. The summed E-state index contributed by atoms with van der Waals surface area (Å²) in [6.45, 7) is 2.90. The average molecular weight is 428 g/mol. The van der Waals surface area contributed by atoms with Crippen LogP contribution in [0.1, 0.15) is 12.5 Å². The SMILES string of the molecule is CCOc1ccc2[nH]c(=O)c(CN(CCO)C(=S)Nc3ccccc3OC)cc2c1. The fourth-order valence-electron chi connectivity index (χ4n) is 3.12. The van der Waals surface area contributed by atoms with Gasteiger partial charge >= 0.3 is 0 Å². The number of para-hydroxylation sites is 2. The average Bonchev–Trinajstić information content (AvgIpc) is 2.74. The summed E-state index contributed by atoms with van der Waals surface area (Å²) >= 11 is 5.54. The Labute approximate surface area is 180 Å². The van der Waals surface area contributed by atoms with Crippen LogP contribution in [0.15, 0.2) is 53.3 Å². The summed E-state index contributed by atoms with van der Waals surface area (Å²) in [7, 11) is 1.58. The molecule has 0 bridgehead atoms. The van der Waals surface area contributed by atoms with Gasteiger partial charge in [-0.05, 0) is 55.5 Å². The number of aliphatic hydroxyl groups is 1. The van der Waals surface area contributed by atoms with Crippen molar-refractivity contribution in [1.82, 2.24) is 9.88 Å². The van der Waals surface area contributed by atoms with Crippen molar-refractivity contribution in [2.24, 2.45) is 0 Å². The predicted octanol–water partition coefficient (Wildman–Crippen LogP) is 3.13. The van der Waals surface area contributed by atoms with Crippen LogP contribution in [0, 0.1) is 0 Å². The first-order valence-electron chi connectivity index (χ1n) is 9.64. The second-order valence-corrected chi connectivity index (χ2v) is 6.97. The standard InChI is InChI=1S/C22H25N3O4S/c1-3-29-17-8-9-18-15(13-17)12-16(21(27)23-18)14-25(10-11-26)22(30)24-19-6-4-5-7-20(19)28-2/h4-9,12-13,26H,3,10-11,14H2,1-2H3,(H,23,27)(H,24,30). The van der Waals surface area contributed by atoms with Gasteiger partial charge in [0.2, 0.25) is 0 Å². The zero-order valence-electron chi connectivity index (χ0n) is 17.0. The van der Waals surface area contributed by atoms with Crippen molar-refractivity contribution in [3.05, 3.63) is 64.4 Å². The van der Waals surface area contributed by atoms with E-state index >= 15 is 0 Å². The summed E-state index contributed by atoms with van der Waals surface area (Å²) in [6.07, 6.45) is 0. The second-order valence-electron chi connectivity index (χ2n) is 6.58. The van der Waals surface area contributed by atoms with Crippen LogP contribution in [0.5, 0.6) is 11.5 Å². The van der Waals surface area contributed by atoms with E-state index in [0.29, 0.717) is 28.7 Å². The fraction of sp³-hybridized carbons (Fsp3) is 0.273. The number of nitrogens with one attached hydrogen (secondary N) is 2. The lowest BCUT2D eigenvalue weighted by molar-refractivity contribution is 0.248. The maximum atomic E-state index is 12.6. The Morgan fingerprint density at radius 1 is 1.23 bits per heavy atom. The number of thiocarbonyl (C=S) groups is 1. The molecule has 2 aromatic carbocycles. The number of benzene rings is 2. The van der Waals surface area contributed by atoms with Gasteiger partial charge in [-0.15, -0.1) is 0 Å². The number of anilines is 1. The molecule has 8 heteroatoms. The van der Waals surface area contributed by atoms with Crippen LogP contribution in [0.3, 0.4) is 0 Å². The monoisotopic (exact) mass is 427 g/mol. The van der Waals surface area contributed by atoms with Crippen LogP contribution in [0.25, 0.3) is 10.9 Å². The Kier molecular flexibility index (Phi) is 7.26. The van der Waals surface area contributed by atoms with E-state index in [9.17, 15) is 9.90 Å². The normalized spacial score (nSPS) is 10.6. The van der Waals surface area contributed by atoms with Crippen LogP contribution in [0.4, 0.5) is 5.69 Å². The highest BCUT2D eigenvalue weighted by Gasteiger charge is 2.15.